The lowest BCUT2D eigenvalue weighted by Crippen LogP contribution is -2.59. The maximum atomic E-state index is 14.4. The monoisotopic (exact) mass is 688 g/mol. The average molecular weight is 689 g/mol. The normalized spacial score (nSPS) is 18.9. The minimum atomic E-state index is -0.831. The Hall–Kier alpha value is -4.87. The molecular formula is C39H40N6O4S. The van der Waals surface area contributed by atoms with E-state index in [4.69, 9.17) is 9.73 Å². The Kier molecular flexibility index (Phi) is 8.07. The van der Waals surface area contributed by atoms with Crippen molar-refractivity contribution in [2.24, 2.45) is 10.4 Å². The van der Waals surface area contributed by atoms with E-state index in [1.54, 1.807) is 35.4 Å². The van der Waals surface area contributed by atoms with Crippen LogP contribution >= 0.6 is 11.3 Å². The van der Waals surface area contributed by atoms with Crippen LogP contribution < -0.4 is 20.4 Å². The smallest absolute Gasteiger partial charge is 0.261 e. The van der Waals surface area contributed by atoms with Gasteiger partial charge in [-0.3, -0.25) is 19.3 Å². The number of ether oxygens (including phenoxy) is 1. The van der Waals surface area contributed by atoms with Crippen molar-refractivity contribution in [1.29, 1.82) is 0 Å². The third-order valence-corrected chi connectivity index (χ3v) is 11.3. The molecule has 0 unspecified atom stereocenters. The number of benzene rings is 2. The predicted octanol–water partition coefficient (Wildman–Crippen LogP) is 6.77. The number of carbonyl (C=O) groups is 3. The maximum Gasteiger partial charge on any atom is 0.261 e. The maximum absolute atomic E-state index is 14.4. The predicted molar refractivity (Wildman–Crippen MR) is 196 cm³/mol. The molecule has 256 valence electrons. The van der Waals surface area contributed by atoms with Crippen molar-refractivity contribution in [3.63, 3.8) is 0 Å². The number of nitrogens with zero attached hydrogens (tertiary/aromatic N) is 4. The first-order valence-electron chi connectivity index (χ1n) is 17.2. The Balaban J connectivity index is 1.01. The van der Waals surface area contributed by atoms with Crippen molar-refractivity contribution < 1.29 is 19.1 Å². The fourth-order valence-electron chi connectivity index (χ4n) is 7.24. The van der Waals surface area contributed by atoms with Crippen LogP contribution in [0.2, 0.25) is 0 Å². The van der Waals surface area contributed by atoms with Crippen LogP contribution in [0.1, 0.15) is 80.4 Å². The van der Waals surface area contributed by atoms with Crippen LogP contribution in [0.15, 0.2) is 77.9 Å². The van der Waals surface area contributed by atoms with E-state index in [2.05, 4.69) is 20.5 Å². The number of aliphatic imine (C=N–C) groups is 1. The average Bonchev–Trinajstić information content (AvgIpc) is 3.78. The lowest BCUT2D eigenvalue weighted by Gasteiger charge is -2.53. The Morgan fingerprint density at radius 2 is 1.68 bits per heavy atom. The van der Waals surface area contributed by atoms with Crippen LogP contribution in [-0.4, -0.2) is 66.3 Å². The van der Waals surface area contributed by atoms with E-state index in [1.807, 2.05) is 63.2 Å². The fraction of sp³-hybridized carbons (Fsp3) is 0.359. The number of hydrogen-bond donors (Lipinski definition) is 2. The molecule has 50 heavy (non-hydrogen) atoms. The second kappa shape index (κ2) is 12.5. The number of hydrogen-bond acceptors (Lipinski definition) is 8. The minimum Gasteiger partial charge on any atom is -0.381 e. The lowest BCUT2D eigenvalue weighted by molar-refractivity contribution is -0.000511. The van der Waals surface area contributed by atoms with Gasteiger partial charge in [-0.25, -0.2) is 9.98 Å². The summed E-state index contributed by atoms with van der Waals surface area (Å²) in [6.07, 6.45) is 5.91. The van der Waals surface area contributed by atoms with Crippen LogP contribution in [0.3, 0.4) is 0 Å². The summed E-state index contributed by atoms with van der Waals surface area (Å²) >= 11 is 1.39. The van der Waals surface area contributed by atoms with Crippen molar-refractivity contribution in [3.05, 3.63) is 99.4 Å². The number of aryl methyl sites for hydroxylation is 1. The number of carbonyl (C=O) groups excluding carboxylic acids is 3. The van der Waals surface area contributed by atoms with Crippen molar-refractivity contribution >= 4 is 57.7 Å². The number of fused-ring (bicyclic) bond motifs is 1. The Morgan fingerprint density at radius 3 is 2.42 bits per heavy atom. The molecular weight excluding hydrogens is 649 g/mol. The van der Waals surface area contributed by atoms with Crippen molar-refractivity contribution in [2.45, 2.75) is 58.0 Å². The van der Waals surface area contributed by atoms with E-state index in [0.29, 0.717) is 38.9 Å². The van der Waals surface area contributed by atoms with Gasteiger partial charge in [0.15, 0.2) is 0 Å². The van der Waals surface area contributed by atoms with Gasteiger partial charge in [0.25, 0.3) is 17.7 Å². The molecule has 3 fully saturated rings. The molecule has 1 saturated carbocycles. The summed E-state index contributed by atoms with van der Waals surface area (Å²) in [7, 11) is 0. The molecule has 3 amide bonds. The van der Waals surface area contributed by atoms with Crippen LogP contribution in [0, 0.1) is 12.3 Å². The van der Waals surface area contributed by atoms with Gasteiger partial charge in [0.05, 0.1) is 37.9 Å². The standard InChI is InChI=1S/C39H40N6O4S/c1-24-20-28(34(40-21-24)44-22-39(23-44)16-18-49-19-17-39)35(46)41-26-10-8-25(9-11-26)37(48)45-30-7-5-4-6-29(30)43-33(38(45,2)3)31-14-15-32(50-31)36(47)42-27-12-13-27/h4-11,14-15,20-21,27H,12-13,16-19,22-23H2,1-3H3,(H,41,46)(H,42,47). The van der Waals surface area contributed by atoms with Gasteiger partial charge in [-0.05, 0) is 107 Å². The molecule has 2 N–H and O–H groups in total. The molecule has 1 spiro atoms. The largest absolute Gasteiger partial charge is 0.381 e. The first-order valence-corrected chi connectivity index (χ1v) is 18.1. The van der Waals surface area contributed by atoms with E-state index in [1.165, 1.54) is 11.3 Å². The number of thiophene rings is 1. The molecule has 0 bridgehead atoms. The number of anilines is 3. The van der Waals surface area contributed by atoms with Crippen LogP contribution in [0.4, 0.5) is 22.9 Å². The number of pyridine rings is 1. The van der Waals surface area contributed by atoms with E-state index in [0.717, 1.165) is 68.1 Å². The number of rotatable bonds is 7. The summed E-state index contributed by atoms with van der Waals surface area (Å²) in [4.78, 5) is 55.9. The van der Waals surface area contributed by atoms with Gasteiger partial charge in [0.1, 0.15) is 5.82 Å². The third kappa shape index (κ3) is 5.98. The molecule has 4 aromatic rings. The molecule has 10 nitrogen and oxygen atoms in total. The zero-order valence-electron chi connectivity index (χ0n) is 28.5. The molecule has 0 radical (unpaired) electrons. The number of para-hydroxylation sites is 2. The van der Waals surface area contributed by atoms with Gasteiger partial charge in [0.2, 0.25) is 0 Å². The molecule has 8 rings (SSSR count). The zero-order valence-corrected chi connectivity index (χ0v) is 29.3. The van der Waals surface area contributed by atoms with Gasteiger partial charge in [-0.1, -0.05) is 12.1 Å². The molecule has 2 saturated heterocycles. The fourth-order valence-corrected chi connectivity index (χ4v) is 8.29. The Bertz CT molecular complexity index is 2020. The van der Waals surface area contributed by atoms with Crippen molar-refractivity contribution in [1.82, 2.24) is 10.3 Å². The molecule has 11 heteroatoms. The summed E-state index contributed by atoms with van der Waals surface area (Å²) in [5.74, 6) is 0.191. The molecule has 2 aromatic carbocycles. The highest BCUT2D eigenvalue weighted by Gasteiger charge is 2.45. The second-order valence-electron chi connectivity index (χ2n) is 14.4. The molecule has 4 aliphatic rings. The lowest BCUT2D eigenvalue weighted by atomic mass is 9.73. The number of aromatic nitrogens is 1. The van der Waals surface area contributed by atoms with Crippen LogP contribution in [-0.2, 0) is 4.74 Å². The van der Waals surface area contributed by atoms with E-state index in [9.17, 15) is 14.4 Å². The molecule has 0 atom stereocenters. The van der Waals surface area contributed by atoms with E-state index < -0.39 is 5.54 Å². The highest BCUT2D eigenvalue weighted by Crippen LogP contribution is 2.44. The van der Waals surface area contributed by atoms with Gasteiger partial charge in [0, 0.05) is 55.2 Å². The number of nitrogens with one attached hydrogen (secondary N) is 2. The van der Waals surface area contributed by atoms with Crippen LogP contribution in [0.25, 0.3) is 0 Å². The Labute approximate surface area is 295 Å². The minimum absolute atomic E-state index is 0.0720. The third-order valence-electron chi connectivity index (χ3n) is 10.2. The second-order valence-corrected chi connectivity index (χ2v) is 15.5. The zero-order chi connectivity index (χ0) is 34.6. The highest BCUT2D eigenvalue weighted by atomic mass is 32.1. The first kappa shape index (κ1) is 32.3. The summed E-state index contributed by atoms with van der Waals surface area (Å²) in [6, 6.07) is 20.5. The van der Waals surface area contributed by atoms with Crippen LogP contribution in [0.5, 0.6) is 0 Å². The van der Waals surface area contributed by atoms with Crippen molar-refractivity contribution in [2.75, 3.05) is 41.4 Å². The molecule has 2 aromatic heterocycles. The van der Waals surface area contributed by atoms with Gasteiger partial charge in [-0.15, -0.1) is 11.3 Å². The van der Waals surface area contributed by atoms with Gasteiger partial charge < -0.3 is 20.3 Å². The number of amides is 3. The molecule has 1 aliphatic carbocycles. The van der Waals surface area contributed by atoms with E-state index in [-0.39, 0.29) is 29.2 Å². The van der Waals surface area contributed by atoms with Gasteiger partial charge >= 0.3 is 0 Å². The van der Waals surface area contributed by atoms with E-state index >= 15 is 0 Å². The first-order chi connectivity index (χ1) is 24.1. The summed E-state index contributed by atoms with van der Waals surface area (Å²) in [6.45, 7) is 9.20. The molecule has 5 heterocycles. The topological polar surface area (TPSA) is 116 Å². The highest BCUT2D eigenvalue weighted by molar-refractivity contribution is 7.16. The van der Waals surface area contributed by atoms with Gasteiger partial charge in [-0.2, -0.15) is 0 Å². The molecule has 3 aliphatic heterocycles. The SMILES string of the molecule is Cc1cnc(N2CC3(CCOCC3)C2)c(C(=O)Nc2ccc(C(=O)N3c4ccccc4N=C(c4ccc(C(=O)NC5CC5)s4)C3(C)C)cc2)c1. The Morgan fingerprint density at radius 1 is 0.940 bits per heavy atom. The van der Waals surface area contributed by atoms with Crippen molar-refractivity contribution in [3.8, 4) is 0 Å². The summed E-state index contributed by atoms with van der Waals surface area (Å²) in [5, 5.41) is 6.09. The summed E-state index contributed by atoms with van der Waals surface area (Å²) < 4.78 is 5.57. The quantitative estimate of drug-likeness (QED) is 0.221. The summed E-state index contributed by atoms with van der Waals surface area (Å²) in [5.41, 5.74) is 4.03.